The van der Waals surface area contributed by atoms with Crippen LogP contribution in [-0.2, 0) is 0 Å². The number of rotatable bonds is 1. The SMILES string of the molecule is Cc1[nH]c2c(C#N)cc(F)c(N3CCC4CCN(C(=O)O)C4C3)c2c1C. The van der Waals surface area contributed by atoms with Gasteiger partial charge in [-0.05, 0) is 44.2 Å². The Hall–Kier alpha value is -2.75. The molecule has 3 heterocycles. The van der Waals surface area contributed by atoms with Crippen molar-refractivity contribution in [1.82, 2.24) is 9.88 Å². The summed E-state index contributed by atoms with van der Waals surface area (Å²) in [5.41, 5.74) is 3.26. The van der Waals surface area contributed by atoms with E-state index in [2.05, 4.69) is 11.1 Å². The molecular formula is C19H21FN4O2. The number of amides is 1. The van der Waals surface area contributed by atoms with Gasteiger partial charge in [0, 0.05) is 30.7 Å². The first-order chi connectivity index (χ1) is 12.4. The molecule has 6 nitrogen and oxygen atoms in total. The van der Waals surface area contributed by atoms with Crippen LogP contribution >= 0.6 is 0 Å². The van der Waals surface area contributed by atoms with Crippen molar-refractivity contribution in [3.8, 4) is 6.07 Å². The maximum absolute atomic E-state index is 15.0. The van der Waals surface area contributed by atoms with E-state index in [0.29, 0.717) is 42.3 Å². The van der Waals surface area contributed by atoms with Crippen LogP contribution in [0.3, 0.4) is 0 Å². The van der Waals surface area contributed by atoms with Gasteiger partial charge in [0.2, 0.25) is 0 Å². The predicted octanol–water partition coefficient (Wildman–Crippen LogP) is 3.37. The molecule has 1 aromatic heterocycles. The molecule has 136 valence electrons. The molecule has 2 atom stereocenters. The number of halogens is 1. The van der Waals surface area contributed by atoms with Gasteiger partial charge in [0.15, 0.2) is 0 Å². The molecule has 0 aliphatic carbocycles. The number of aromatic nitrogens is 1. The quantitative estimate of drug-likeness (QED) is 0.820. The van der Waals surface area contributed by atoms with E-state index in [9.17, 15) is 15.2 Å². The van der Waals surface area contributed by atoms with E-state index in [1.807, 2.05) is 18.7 Å². The minimum atomic E-state index is -0.904. The van der Waals surface area contributed by atoms with Gasteiger partial charge in [0.05, 0.1) is 22.8 Å². The zero-order valence-electron chi connectivity index (χ0n) is 14.8. The second kappa shape index (κ2) is 5.90. The van der Waals surface area contributed by atoms with Gasteiger partial charge in [-0.15, -0.1) is 0 Å². The van der Waals surface area contributed by atoms with E-state index >= 15 is 4.39 Å². The number of anilines is 1. The predicted molar refractivity (Wildman–Crippen MR) is 95.9 cm³/mol. The Labute approximate surface area is 150 Å². The largest absolute Gasteiger partial charge is 0.465 e. The zero-order valence-corrected chi connectivity index (χ0v) is 14.8. The summed E-state index contributed by atoms with van der Waals surface area (Å²) in [7, 11) is 0. The molecule has 0 bridgehead atoms. The number of likely N-dealkylation sites (tertiary alicyclic amines) is 1. The maximum Gasteiger partial charge on any atom is 0.407 e. The average molecular weight is 356 g/mol. The molecule has 1 aromatic carbocycles. The molecule has 4 rings (SSSR count). The van der Waals surface area contributed by atoms with Crippen molar-refractivity contribution in [2.45, 2.75) is 32.7 Å². The Kier molecular flexibility index (Phi) is 3.79. The fourth-order valence-corrected chi connectivity index (χ4v) is 4.58. The van der Waals surface area contributed by atoms with Crippen molar-refractivity contribution in [2.24, 2.45) is 5.92 Å². The van der Waals surface area contributed by atoms with Crippen molar-refractivity contribution in [3.05, 3.63) is 28.7 Å². The summed E-state index contributed by atoms with van der Waals surface area (Å²) < 4.78 is 15.0. The van der Waals surface area contributed by atoms with E-state index in [1.165, 1.54) is 11.0 Å². The molecule has 0 saturated carbocycles. The average Bonchev–Trinajstić information content (AvgIpc) is 3.16. The number of benzene rings is 1. The number of aryl methyl sites for hydroxylation is 2. The number of hydrogen-bond acceptors (Lipinski definition) is 3. The van der Waals surface area contributed by atoms with Crippen LogP contribution in [0.2, 0.25) is 0 Å². The molecule has 1 amide bonds. The van der Waals surface area contributed by atoms with Crippen LogP contribution in [0.1, 0.15) is 29.7 Å². The summed E-state index contributed by atoms with van der Waals surface area (Å²) in [5, 5.41) is 19.5. The topological polar surface area (TPSA) is 83.4 Å². The van der Waals surface area contributed by atoms with E-state index < -0.39 is 11.9 Å². The Morgan fingerprint density at radius 3 is 2.81 bits per heavy atom. The summed E-state index contributed by atoms with van der Waals surface area (Å²) in [6.07, 6.45) is 0.814. The highest BCUT2D eigenvalue weighted by molar-refractivity contribution is 5.99. The number of carboxylic acid groups (broad SMARTS) is 1. The number of nitriles is 1. The number of fused-ring (bicyclic) bond motifs is 2. The second-order valence-corrected chi connectivity index (χ2v) is 7.32. The monoisotopic (exact) mass is 356 g/mol. The summed E-state index contributed by atoms with van der Waals surface area (Å²) in [6, 6.07) is 3.24. The second-order valence-electron chi connectivity index (χ2n) is 7.32. The van der Waals surface area contributed by atoms with Crippen molar-refractivity contribution in [3.63, 3.8) is 0 Å². The number of nitrogens with zero attached hydrogens (tertiary/aromatic N) is 3. The maximum atomic E-state index is 15.0. The first-order valence-electron chi connectivity index (χ1n) is 8.88. The third-order valence-electron chi connectivity index (χ3n) is 6.05. The lowest BCUT2D eigenvalue weighted by molar-refractivity contribution is 0.131. The Morgan fingerprint density at radius 1 is 1.38 bits per heavy atom. The van der Waals surface area contributed by atoms with Gasteiger partial charge in [0.1, 0.15) is 11.9 Å². The molecule has 2 saturated heterocycles. The highest BCUT2D eigenvalue weighted by Crippen LogP contribution is 2.40. The first kappa shape index (κ1) is 16.7. The van der Waals surface area contributed by atoms with Gasteiger partial charge < -0.3 is 19.9 Å². The van der Waals surface area contributed by atoms with Crippen LogP contribution in [0.5, 0.6) is 0 Å². The van der Waals surface area contributed by atoms with E-state index in [-0.39, 0.29) is 6.04 Å². The molecule has 2 aliphatic heterocycles. The van der Waals surface area contributed by atoms with Crippen LogP contribution in [0.15, 0.2) is 6.07 Å². The minimum Gasteiger partial charge on any atom is -0.465 e. The molecule has 2 N–H and O–H groups in total. The van der Waals surface area contributed by atoms with Gasteiger partial charge in [-0.2, -0.15) is 5.26 Å². The molecule has 2 fully saturated rings. The van der Waals surface area contributed by atoms with Crippen molar-refractivity contribution in [1.29, 1.82) is 5.26 Å². The number of aromatic amines is 1. The van der Waals surface area contributed by atoms with E-state index in [4.69, 9.17) is 0 Å². The molecular weight excluding hydrogens is 335 g/mol. The van der Waals surface area contributed by atoms with Crippen LogP contribution in [0, 0.1) is 36.9 Å². The lowest BCUT2D eigenvalue weighted by atomic mass is 9.91. The minimum absolute atomic E-state index is 0.105. The lowest BCUT2D eigenvalue weighted by Gasteiger charge is -2.39. The fourth-order valence-electron chi connectivity index (χ4n) is 4.58. The van der Waals surface area contributed by atoms with Crippen molar-refractivity contribution in [2.75, 3.05) is 24.5 Å². The first-order valence-corrected chi connectivity index (χ1v) is 8.88. The third kappa shape index (κ3) is 2.32. The number of carbonyl (C=O) groups is 1. The van der Waals surface area contributed by atoms with Crippen LogP contribution in [0.4, 0.5) is 14.9 Å². The molecule has 2 aromatic rings. The number of hydrogen-bond donors (Lipinski definition) is 2. The third-order valence-corrected chi connectivity index (χ3v) is 6.05. The van der Waals surface area contributed by atoms with Crippen LogP contribution in [-0.4, -0.2) is 46.8 Å². The highest BCUT2D eigenvalue weighted by atomic mass is 19.1. The molecule has 7 heteroatoms. The Morgan fingerprint density at radius 2 is 2.12 bits per heavy atom. The fraction of sp³-hybridized carbons (Fsp3) is 0.474. The number of nitrogens with one attached hydrogen (secondary N) is 1. The molecule has 2 unspecified atom stereocenters. The van der Waals surface area contributed by atoms with Crippen LogP contribution in [0.25, 0.3) is 10.9 Å². The van der Waals surface area contributed by atoms with Gasteiger partial charge in [-0.25, -0.2) is 9.18 Å². The molecule has 26 heavy (non-hydrogen) atoms. The summed E-state index contributed by atoms with van der Waals surface area (Å²) >= 11 is 0. The molecule has 0 spiro atoms. The molecule has 2 aliphatic rings. The number of H-pyrrole nitrogens is 1. The van der Waals surface area contributed by atoms with Crippen molar-refractivity contribution < 1.29 is 14.3 Å². The van der Waals surface area contributed by atoms with Crippen molar-refractivity contribution >= 4 is 22.7 Å². The number of piperidine rings is 1. The summed E-state index contributed by atoms with van der Waals surface area (Å²) in [5.74, 6) is -0.0807. The lowest BCUT2D eigenvalue weighted by Crippen LogP contribution is -2.50. The zero-order chi connectivity index (χ0) is 18.6. The normalized spacial score (nSPS) is 22.5. The van der Waals surface area contributed by atoms with E-state index in [0.717, 1.165) is 29.5 Å². The van der Waals surface area contributed by atoms with Gasteiger partial charge in [0.25, 0.3) is 0 Å². The highest BCUT2D eigenvalue weighted by Gasteiger charge is 2.41. The Balaban J connectivity index is 1.81. The standard InChI is InChI=1S/C19H21FN4O2/c1-10-11(2)22-17-13(8-21)7-14(20)18(16(10)17)23-5-3-12-4-6-24(19(25)26)15(12)9-23/h7,12,15,22H,3-6,9H2,1-2H3,(H,25,26). The van der Waals surface area contributed by atoms with Crippen LogP contribution < -0.4 is 4.90 Å². The van der Waals surface area contributed by atoms with Gasteiger partial charge in [-0.3, -0.25) is 0 Å². The van der Waals surface area contributed by atoms with Gasteiger partial charge >= 0.3 is 6.09 Å². The molecule has 0 radical (unpaired) electrons. The van der Waals surface area contributed by atoms with E-state index in [1.54, 1.807) is 0 Å². The van der Waals surface area contributed by atoms with Gasteiger partial charge in [-0.1, -0.05) is 0 Å². The Bertz CT molecular complexity index is 945. The summed E-state index contributed by atoms with van der Waals surface area (Å²) in [4.78, 5) is 18.2. The summed E-state index contributed by atoms with van der Waals surface area (Å²) in [6.45, 7) is 5.55. The smallest absolute Gasteiger partial charge is 0.407 e.